The van der Waals surface area contributed by atoms with Crippen molar-refractivity contribution >= 4 is 34.4 Å². The van der Waals surface area contributed by atoms with Crippen LogP contribution in [0.3, 0.4) is 0 Å². The number of ketones is 1. The summed E-state index contributed by atoms with van der Waals surface area (Å²) in [5.41, 5.74) is 4.21. The highest BCUT2D eigenvalue weighted by molar-refractivity contribution is 6.26. The van der Waals surface area contributed by atoms with Crippen LogP contribution in [0.1, 0.15) is 41.4 Å². The highest BCUT2D eigenvalue weighted by atomic mass is 16.5. The summed E-state index contributed by atoms with van der Waals surface area (Å²) in [7, 11) is 0. The van der Waals surface area contributed by atoms with Crippen LogP contribution in [0.25, 0.3) is 17.0 Å². The SMILES string of the molecule is CC(=O)N1/C(=C/c2ccc3cc(CNC4CCOCC4)ccc3n2)C(=O)c2ccccc21. The van der Waals surface area contributed by atoms with Gasteiger partial charge in [0.05, 0.1) is 22.6 Å². The van der Waals surface area contributed by atoms with Gasteiger partial charge < -0.3 is 10.1 Å². The van der Waals surface area contributed by atoms with Gasteiger partial charge in [0.2, 0.25) is 11.7 Å². The van der Waals surface area contributed by atoms with Crippen LogP contribution in [-0.4, -0.2) is 35.9 Å². The molecule has 1 amide bonds. The van der Waals surface area contributed by atoms with Crippen LogP contribution < -0.4 is 10.2 Å². The summed E-state index contributed by atoms with van der Waals surface area (Å²) in [5.74, 6) is -0.357. The molecule has 0 radical (unpaired) electrons. The first-order chi connectivity index (χ1) is 15.6. The van der Waals surface area contributed by atoms with Crippen LogP contribution in [0.2, 0.25) is 0 Å². The number of ether oxygens (including phenoxy) is 1. The number of rotatable bonds is 4. The topological polar surface area (TPSA) is 71.5 Å². The van der Waals surface area contributed by atoms with Crippen molar-refractivity contribution in [1.29, 1.82) is 0 Å². The third-order valence-corrected chi connectivity index (χ3v) is 6.05. The van der Waals surface area contributed by atoms with Crippen LogP contribution in [-0.2, 0) is 16.1 Å². The van der Waals surface area contributed by atoms with E-state index in [1.165, 1.54) is 17.4 Å². The van der Waals surface area contributed by atoms with E-state index in [2.05, 4.69) is 17.4 Å². The standard InChI is InChI=1S/C26H25N3O3/c1-17(30)29-24-5-3-2-4-22(24)26(31)25(29)15-21-8-7-19-14-18(6-9-23(19)28-21)16-27-20-10-12-32-13-11-20/h2-9,14-15,20,27H,10-13,16H2,1H3/b25-15+. The van der Waals surface area contributed by atoms with Crippen molar-refractivity contribution in [2.45, 2.75) is 32.4 Å². The molecular weight excluding hydrogens is 402 g/mol. The Balaban J connectivity index is 1.39. The van der Waals surface area contributed by atoms with Crippen molar-refractivity contribution in [1.82, 2.24) is 10.3 Å². The number of carbonyl (C=O) groups is 2. The summed E-state index contributed by atoms with van der Waals surface area (Å²) in [6, 6.07) is 17.8. The molecular formula is C26H25N3O3. The molecule has 1 aromatic heterocycles. The van der Waals surface area contributed by atoms with Gasteiger partial charge in [-0.3, -0.25) is 14.5 Å². The molecule has 0 aliphatic carbocycles. The summed E-state index contributed by atoms with van der Waals surface area (Å²) in [5, 5.41) is 4.65. The molecule has 5 rings (SSSR count). The van der Waals surface area contributed by atoms with E-state index in [0.717, 1.165) is 43.5 Å². The summed E-state index contributed by atoms with van der Waals surface area (Å²) < 4.78 is 5.42. The van der Waals surface area contributed by atoms with Crippen molar-refractivity contribution in [2.75, 3.05) is 18.1 Å². The highest BCUT2D eigenvalue weighted by Gasteiger charge is 2.34. The van der Waals surface area contributed by atoms with Crippen molar-refractivity contribution in [3.05, 3.63) is 77.1 Å². The first kappa shape index (κ1) is 20.5. The number of nitrogens with zero attached hydrogens (tertiary/aromatic N) is 2. The average molecular weight is 428 g/mol. The zero-order chi connectivity index (χ0) is 22.1. The van der Waals surface area contributed by atoms with Crippen molar-refractivity contribution in [2.24, 2.45) is 0 Å². The van der Waals surface area contributed by atoms with Crippen molar-refractivity contribution < 1.29 is 14.3 Å². The third kappa shape index (κ3) is 3.95. The minimum atomic E-state index is -0.197. The number of pyridine rings is 1. The lowest BCUT2D eigenvalue weighted by molar-refractivity contribution is -0.116. The second kappa shape index (κ2) is 8.65. The highest BCUT2D eigenvalue weighted by Crippen LogP contribution is 2.35. The number of nitrogens with one attached hydrogen (secondary N) is 1. The van der Waals surface area contributed by atoms with Crippen LogP contribution >= 0.6 is 0 Å². The van der Waals surface area contributed by atoms with Gasteiger partial charge in [0.1, 0.15) is 0 Å². The Kier molecular flexibility index (Phi) is 5.55. The van der Waals surface area contributed by atoms with Gasteiger partial charge in [0.15, 0.2) is 0 Å². The predicted molar refractivity (Wildman–Crippen MR) is 124 cm³/mol. The third-order valence-electron chi connectivity index (χ3n) is 6.05. The van der Waals surface area contributed by atoms with E-state index >= 15 is 0 Å². The molecule has 1 N–H and O–H groups in total. The van der Waals surface area contributed by atoms with Crippen LogP contribution in [0, 0.1) is 0 Å². The maximum absolute atomic E-state index is 12.9. The molecule has 6 heteroatoms. The summed E-state index contributed by atoms with van der Waals surface area (Å²) in [6.07, 6.45) is 3.80. The largest absolute Gasteiger partial charge is 0.381 e. The summed E-state index contributed by atoms with van der Waals surface area (Å²) in [6.45, 7) is 3.93. The molecule has 0 saturated carbocycles. The number of hydrogen-bond acceptors (Lipinski definition) is 5. The van der Waals surface area contributed by atoms with Crippen molar-refractivity contribution in [3.63, 3.8) is 0 Å². The predicted octanol–water partition coefficient (Wildman–Crippen LogP) is 4.09. The lowest BCUT2D eigenvalue weighted by Crippen LogP contribution is -2.34. The Labute approximate surface area is 186 Å². The molecule has 3 heterocycles. The Morgan fingerprint density at radius 3 is 2.78 bits per heavy atom. The zero-order valence-corrected chi connectivity index (χ0v) is 18.0. The van der Waals surface area contributed by atoms with Gasteiger partial charge in [-0.1, -0.05) is 24.3 Å². The molecule has 0 spiro atoms. The lowest BCUT2D eigenvalue weighted by atomic mass is 10.1. The number of para-hydroxylation sites is 1. The summed E-state index contributed by atoms with van der Waals surface area (Å²) in [4.78, 5) is 31.4. The average Bonchev–Trinajstić information content (AvgIpc) is 3.10. The number of hydrogen-bond donors (Lipinski definition) is 1. The molecule has 1 fully saturated rings. The van der Waals surface area contributed by atoms with E-state index in [9.17, 15) is 9.59 Å². The van der Waals surface area contributed by atoms with Crippen molar-refractivity contribution in [3.8, 4) is 0 Å². The van der Waals surface area contributed by atoms with E-state index in [0.29, 0.717) is 28.7 Å². The minimum absolute atomic E-state index is 0.160. The molecule has 32 heavy (non-hydrogen) atoms. The van der Waals surface area contributed by atoms with Gasteiger partial charge in [-0.25, -0.2) is 4.98 Å². The second-order valence-electron chi connectivity index (χ2n) is 8.26. The number of fused-ring (bicyclic) bond motifs is 2. The number of benzene rings is 2. The lowest BCUT2D eigenvalue weighted by Gasteiger charge is -2.23. The fraction of sp³-hybridized carbons (Fsp3) is 0.269. The van der Waals surface area contributed by atoms with Gasteiger partial charge in [-0.05, 0) is 54.8 Å². The molecule has 2 aliphatic heterocycles. The summed E-state index contributed by atoms with van der Waals surface area (Å²) >= 11 is 0. The Bertz CT molecular complexity index is 1230. The smallest absolute Gasteiger partial charge is 0.228 e. The minimum Gasteiger partial charge on any atom is -0.381 e. The molecule has 162 valence electrons. The fourth-order valence-corrected chi connectivity index (χ4v) is 4.38. The van der Waals surface area contributed by atoms with Gasteiger partial charge in [0.25, 0.3) is 0 Å². The zero-order valence-electron chi connectivity index (χ0n) is 18.0. The van der Waals surface area contributed by atoms with Crippen LogP contribution in [0.15, 0.2) is 60.3 Å². The Morgan fingerprint density at radius 1 is 1.16 bits per heavy atom. The number of allylic oxidation sites excluding steroid dienone is 1. The number of carbonyl (C=O) groups excluding carboxylic acids is 2. The van der Waals surface area contributed by atoms with Gasteiger partial charge in [-0.2, -0.15) is 0 Å². The number of amides is 1. The first-order valence-electron chi connectivity index (χ1n) is 11.0. The van der Waals surface area contributed by atoms with Gasteiger partial charge >= 0.3 is 0 Å². The van der Waals surface area contributed by atoms with Gasteiger partial charge in [0, 0.05) is 43.7 Å². The second-order valence-corrected chi connectivity index (χ2v) is 8.26. The maximum atomic E-state index is 12.9. The first-order valence-corrected chi connectivity index (χ1v) is 11.0. The van der Waals surface area contributed by atoms with Crippen LogP contribution in [0.4, 0.5) is 5.69 Å². The van der Waals surface area contributed by atoms with E-state index in [4.69, 9.17) is 9.72 Å². The Morgan fingerprint density at radius 2 is 1.97 bits per heavy atom. The molecule has 2 aliphatic rings. The normalized spacial score (nSPS) is 17.8. The molecule has 3 aromatic rings. The van der Waals surface area contributed by atoms with E-state index in [-0.39, 0.29) is 11.7 Å². The molecule has 0 atom stereocenters. The van der Waals surface area contributed by atoms with E-state index in [1.807, 2.05) is 24.3 Å². The molecule has 2 aromatic carbocycles. The molecule has 0 bridgehead atoms. The molecule has 1 saturated heterocycles. The van der Waals surface area contributed by atoms with Crippen LogP contribution in [0.5, 0.6) is 0 Å². The Hall–Kier alpha value is -3.35. The number of anilines is 1. The number of Topliss-reactive ketones (excluding diaryl/α,β-unsaturated/α-hetero) is 1. The molecule has 0 unspecified atom stereocenters. The van der Waals surface area contributed by atoms with E-state index < -0.39 is 0 Å². The fourth-order valence-electron chi connectivity index (χ4n) is 4.38. The van der Waals surface area contributed by atoms with Gasteiger partial charge in [-0.15, -0.1) is 0 Å². The molecule has 6 nitrogen and oxygen atoms in total. The monoisotopic (exact) mass is 427 g/mol. The van der Waals surface area contributed by atoms with E-state index in [1.54, 1.807) is 24.3 Å². The maximum Gasteiger partial charge on any atom is 0.228 e. The quantitative estimate of drug-likeness (QED) is 0.635. The number of aromatic nitrogens is 1.